The Kier molecular flexibility index (Phi) is 4.03. The number of rotatable bonds is 5. The molecule has 0 aliphatic carbocycles. The lowest BCUT2D eigenvalue weighted by molar-refractivity contribution is 0.669. The van der Waals surface area contributed by atoms with Crippen LogP contribution in [-0.2, 0) is 0 Å². The first kappa shape index (κ1) is 17.6. The highest BCUT2D eigenvalue weighted by Gasteiger charge is 2.18. The van der Waals surface area contributed by atoms with Gasteiger partial charge in [-0.15, -0.1) is 0 Å². The number of fused-ring (bicyclic) bond motifs is 9. The fourth-order valence-corrected chi connectivity index (χ4v) is 6.74. The van der Waals surface area contributed by atoms with Crippen LogP contribution in [0, 0.1) is 0 Å². The van der Waals surface area contributed by atoms with E-state index in [1.54, 1.807) is 54.6 Å². The van der Waals surface area contributed by atoms with Crippen molar-refractivity contribution < 1.29 is 30.5 Å². The zero-order valence-corrected chi connectivity index (χ0v) is 28.2. The van der Waals surface area contributed by atoms with Crippen molar-refractivity contribution in [3.63, 3.8) is 0 Å². The van der Waals surface area contributed by atoms with E-state index in [-0.39, 0.29) is 17.5 Å². The van der Waals surface area contributed by atoms with Crippen molar-refractivity contribution >= 4 is 54.3 Å². The molecule has 11 aromatic rings. The number of para-hydroxylation sites is 1. The molecule has 0 saturated heterocycles. The number of hydrogen-bond acceptors (Lipinski definition) is 4. The zero-order valence-electron chi connectivity index (χ0n) is 47.2. The van der Waals surface area contributed by atoms with Gasteiger partial charge < -0.3 is 4.42 Å². The summed E-state index contributed by atoms with van der Waals surface area (Å²) < 4.78 is 179. The van der Waals surface area contributed by atoms with Crippen molar-refractivity contribution in [3.05, 3.63) is 188 Å². The Labute approximate surface area is 343 Å². The summed E-state index contributed by atoms with van der Waals surface area (Å²) in [5.41, 5.74) is -1.20. The number of furan rings is 1. The molecule has 256 valence electrons. The first-order valence-corrected chi connectivity index (χ1v) is 17.0. The lowest BCUT2D eigenvalue weighted by atomic mass is 9.91. The number of benzene rings is 9. The fraction of sp³-hybridized carbons (Fsp3) is 0. The van der Waals surface area contributed by atoms with Crippen LogP contribution in [0.3, 0.4) is 0 Å². The van der Waals surface area contributed by atoms with Gasteiger partial charge in [0.2, 0.25) is 0 Å². The van der Waals surface area contributed by atoms with E-state index in [0.717, 1.165) is 5.39 Å². The highest BCUT2D eigenvalue weighted by atomic mass is 16.3. The van der Waals surface area contributed by atoms with E-state index in [4.69, 9.17) is 33.1 Å². The Bertz CT molecular complexity index is 4330. The average Bonchev–Trinajstić information content (AvgIpc) is 3.79. The van der Waals surface area contributed by atoms with E-state index >= 15 is 0 Å². The van der Waals surface area contributed by atoms with Crippen LogP contribution in [0.4, 0.5) is 0 Å². The lowest BCUT2D eigenvalue weighted by Gasteiger charge is -2.13. The molecule has 0 bridgehead atoms. The molecule has 0 aliphatic heterocycles. The maximum absolute atomic E-state index is 9.76. The van der Waals surface area contributed by atoms with E-state index in [1.165, 1.54) is 0 Å². The second kappa shape index (κ2) is 12.6. The number of hydrogen-bond donors (Lipinski definition) is 0. The van der Waals surface area contributed by atoms with Crippen molar-refractivity contribution in [3.8, 4) is 56.4 Å². The molecular weight excluding hydrogens is 671 g/mol. The van der Waals surface area contributed by atoms with Gasteiger partial charge in [0.25, 0.3) is 0 Å². The summed E-state index contributed by atoms with van der Waals surface area (Å²) in [7, 11) is 0. The van der Waals surface area contributed by atoms with Crippen LogP contribution in [0.15, 0.2) is 192 Å². The van der Waals surface area contributed by atoms with Crippen LogP contribution in [0.1, 0.15) is 26.0 Å². The Balaban J connectivity index is 1.23. The summed E-state index contributed by atoms with van der Waals surface area (Å²) >= 11 is 0. The molecule has 55 heavy (non-hydrogen) atoms. The molecule has 9 aromatic carbocycles. The molecule has 0 aliphatic rings. The molecule has 0 unspecified atom stereocenters. The smallest absolute Gasteiger partial charge is 0.164 e. The van der Waals surface area contributed by atoms with E-state index < -0.39 is 175 Å². The molecule has 0 N–H and O–H groups in total. The minimum atomic E-state index is -0.938. The van der Waals surface area contributed by atoms with Crippen LogP contribution < -0.4 is 0 Å². The van der Waals surface area contributed by atoms with Crippen molar-refractivity contribution in [2.24, 2.45) is 0 Å². The third kappa shape index (κ3) is 5.26. The van der Waals surface area contributed by atoms with Gasteiger partial charge in [-0.05, 0) is 84.8 Å². The van der Waals surface area contributed by atoms with E-state index in [1.807, 2.05) is 18.2 Å². The molecule has 2 aromatic heterocycles. The standard InChI is InChI=1S/C51H31N3O/c1-2-13-32(14-3-1)49-52-50(54-51(53-49)44-24-12-26-47-48(44)43-23-8-9-25-46(43)55-47)37-18-11-17-35(30-37)33-15-10-16-34(29-33)36-27-28-42-40-21-5-4-19-38(40)39-20-6-7-22-41(39)45(42)31-36/h1-31H/i4D,5D,6D,7D,10D,11D,15D,16D,17D,18D,19D,20D,21D,22D,27D,28D,29D,30D,31D. The number of nitrogens with zero attached hydrogens (tertiary/aromatic N) is 3. The molecule has 4 nitrogen and oxygen atoms in total. The zero-order chi connectivity index (χ0) is 52.8. The molecule has 2 heterocycles. The predicted molar refractivity (Wildman–Crippen MR) is 227 cm³/mol. The Morgan fingerprint density at radius 2 is 0.873 bits per heavy atom. The maximum atomic E-state index is 9.76. The largest absolute Gasteiger partial charge is 0.456 e. The van der Waals surface area contributed by atoms with E-state index in [9.17, 15) is 12.3 Å². The molecule has 0 amide bonds. The third-order valence-corrected chi connectivity index (χ3v) is 9.22. The first-order chi connectivity index (χ1) is 35.2. The summed E-state index contributed by atoms with van der Waals surface area (Å²) in [5.74, 6) is -0.163. The van der Waals surface area contributed by atoms with Gasteiger partial charge in [-0.1, -0.05) is 157 Å². The molecule has 11 rings (SSSR count). The van der Waals surface area contributed by atoms with Gasteiger partial charge in [-0.25, -0.2) is 15.0 Å². The summed E-state index contributed by atoms with van der Waals surface area (Å²) in [5, 5.41) is -1.33. The first-order valence-electron chi connectivity index (χ1n) is 26.5. The topological polar surface area (TPSA) is 51.8 Å². The summed E-state index contributed by atoms with van der Waals surface area (Å²) in [4.78, 5) is 14.3. The monoisotopic (exact) mass is 720 g/mol. The van der Waals surface area contributed by atoms with E-state index in [0.29, 0.717) is 27.7 Å². The summed E-state index contributed by atoms with van der Waals surface area (Å²) in [6.07, 6.45) is 0. The van der Waals surface area contributed by atoms with Gasteiger partial charge >= 0.3 is 0 Å². The average molecular weight is 721 g/mol. The Hall–Kier alpha value is -7.43. The second-order valence-corrected chi connectivity index (χ2v) is 12.4. The minimum Gasteiger partial charge on any atom is -0.456 e. The fourth-order valence-electron chi connectivity index (χ4n) is 6.74. The molecule has 0 saturated carbocycles. The normalized spacial score (nSPS) is 16.5. The molecule has 0 fully saturated rings. The van der Waals surface area contributed by atoms with Crippen LogP contribution in [-0.4, -0.2) is 15.0 Å². The van der Waals surface area contributed by atoms with Gasteiger partial charge in [0.1, 0.15) is 11.2 Å². The summed E-state index contributed by atoms with van der Waals surface area (Å²) in [6.45, 7) is 0. The molecular formula is C51H31N3O. The molecule has 0 radical (unpaired) electrons. The van der Waals surface area contributed by atoms with Crippen molar-refractivity contribution in [1.82, 2.24) is 15.0 Å². The number of aromatic nitrogens is 3. The van der Waals surface area contributed by atoms with Gasteiger partial charge in [-0.3, -0.25) is 0 Å². The van der Waals surface area contributed by atoms with Gasteiger partial charge in [0, 0.05) is 27.5 Å². The quantitative estimate of drug-likeness (QED) is 0.166. The highest BCUT2D eigenvalue weighted by Crippen LogP contribution is 2.39. The van der Waals surface area contributed by atoms with Crippen molar-refractivity contribution in [2.75, 3.05) is 0 Å². The van der Waals surface area contributed by atoms with Gasteiger partial charge in [0.15, 0.2) is 17.5 Å². The minimum absolute atomic E-state index is 0.0682. The van der Waals surface area contributed by atoms with Crippen molar-refractivity contribution in [2.45, 2.75) is 0 Å². The van der Waals surface area contributed by atoms with Gasteiger partial charge in [0.05, 0.1) is 26.0 Å². The SMILES string of the molecule is [2H]c1c([2H])c(-c2nc(-c3ccccc3)nc(-c3cccc4oc5ccccc5c34)n2)c([2H])c(-c2c([2H])c([2H])c([2H])c(-c3c([2H])c([2H])c4c5c([2H])c([2H])c([2H])c([2H])c5c5c([2H])c([2H])c([2H])c([2H])c5c4c3[2H])c2[2H])c1[2H]. The summed E-state index contributed by atoms with van der Waals surface area (Å²) in [6, 6.07) is 5.86. The predicted octanol–water partition coefficient (Wildman–Crippen LogP) is 13.6. The van der Waals surface area contributed by atoms with Crippen LogP contribution in [0.25, 0.3) is 111 Å². The van der Waals surface area contributed by atoms with Gasteiger partial charge in [-0.2, -0.15) is 0 Å². The second-order valence-electron chi connectivity index (χ2n) is 12.4. The molecule has 4 heteroatoms. The highest BCUT2D eigenvalue weighted by molar-refractivity contribution is 6.25. The lowest BCUT2D eigenvalue weighted by Crippen LogP contribution is -2.00. The third-order valence-electron chi connectivity index (χ3n) is 9.22. The van der Waals surface area contributed by atoms with Crippen LogP contribution in [0.2, 0.25) is 0 Å². The maximum Gasteiger partial charge on any atom is 0.164 e. The van der Waals surface area contributed by atoms with Crippen molar-refractivity contribution in [1.29, 1.82) is 0 Å². The Morgan fingerprint density at radius 1 is 0.345 bits per heavy atom. The van der Waals surface area contributed by atoms with Crippen LogP contribution in [0.5, 0.6) is 0 Å². The van der Waals surface area contributed by atoms with Crippen LogP contribution >= 0.6 is 0 Å². The molecule has 0 spiro atoms. The van der Waals surface area contributed by atoms with E-state index in [2.05, 4.69) is 0 Å². The Morgan fingerprint density at radius 3 is 1.58 bits per heavy atom. The molecule has 0 atom stereocenters.